The average molecular weight is 375 g/mol. The van der Waals surface area contributed by atoms with Crippen molar-refractivity contribution in [1.29, 1.82) is 0 Å². The van der Waals surface area contributed by atoms with Gasteiger partial charge in [0, 0.05) is 12.8 Å². The van der Waals surface area contributed by atoms with Crippen LogP contribution in [0.2, 0.25) is 0 Å². The molecule has 0 heterocycles. The SMILES string of the molecule is [CH2]CCC#CCCCCCCCCCCCCCCCCCCCCC[CH2]. The Bertz CT molecular complexity index is 306. The molecule has 0 spiro atoms. The third-order valence-corrected chi connectivity index (χ3v) is 5.48. The predicted molar refractivity (Wildman–Crippen MR) is 125 cm³/mol. The Morgan fingerprint density at radius 1 is 0.296 bits per heavy atom. The minimum Gasteiger partial charge on any atom is -0.103 e. The van der Waals surface area contributed by atoms with Crippen molar-refractivity contribution in [2.45, 2.75) is 148 Å². The molecule has 0 aliphatic heterocycles. The molecule has 0 atom stereocenters. The van der Waals surface area contributed by atoms with Gasteiger partial charge in [0.25, 0.3) is 0 Å². The lowest BCUT2D eigenvalue weighted by Gasteiger charge is -2.04. The van der Waals surface area contributed by atoms with Crippen LogP contribution in [0.3, 0.4) is 0 Å². The minimum atomic E-state index is 0.949. The van der Waals surface area contributed by atoms with E-state index in [2.05, 4.69) is 25.7 Å². The first-order valence-corrected chi connectivity index (χ1v) is 12.5. The van der Waals surface area contributed by atoms with E-state index in [4.69, 9.17) is 0 Å². The first kappa shape index (κ1) is 26.6. The molecule has 0 bridgehead atoms. The van der Waals surface area contributed by atoms with E-state index in [0.717, 1.165) is 25.7 Å². The van der Waals surface area contributed by atoms with E-state index in [1.165, 1.54) is 122 Å². The molecule has 0 unspecified atom stereocenters. The van der Waals surface area contributed by atoms with Crippen LogP contribution in [-0.4, -0.2) is 0 Å². The molecule has 0 rings (SSSR count). The molecular weight excluding hydrogens is 324 g/mol. The van der Waals surface area contributed by atoms with E-state index in [9.17, 15) is 0 Å². The second-order valence-electron chi connectivity index (χ2n) is 8.28. The lowest BCUT2D eigenvalue weighted by molar-refractivity contribution is 0.523. The molecule has 0 nitrogen and oxygen atoms in total. The van der Waals surface area contributed by atoms with Crippen LogP contribution in [0.4, 0.5) is 0 Å². The first-order valence-electron chi connectivity index (χ1n) is 12.5. The highest BCUT2D eigenvalue weighted by Gasteiger charge is 1.95. The Morgan fingerprint density at radius 3 is 0.926 bits per heavy atom. The lowest BCUT2D eigenvalue weighted by atomic mass is 10.0. The summed E-state index contributed by atoms with van der Waals surface area (Å²) in [6.07, 6.45) is 31.3. The Hall–Kier alpha value is -0.440. The summed E-state index contributed by atoms with van der Waals surface area (Å²) in [6.45, 7) is 7.72. The third-order valence-electron chi connectivity index (χ3n) is 5.48. The molecule has 27 heavy (non-hydrogen) atoms. The highest BCUT2D eigenvalue weighted by Crippen LogP contribution is 2.14. The summed E-state index contributed by atoms with van der Waals surface area (Å²) in [7, 11) is 0. The van der Waals surface area contributed by atoms with Crippen molar-refractivity contribution in [2.24, 2.45) is 0 Å². The second-order valence-corrected chi connectivity index (χ2v) is 8.28. The first-order chi connectivity index (χ1) is 13.4. The van der Waals surface area contributed by atoms with Crippen molar-refractivity contribution in [3.05, 3.63) is 13.8 Å². The summed E-state index contributed by atoms with van der Waals surface area (Å²) in [5.74, 6) is 6.43. The van der Waals surface area contributed by atoms with Crippen molar-refractivity contribution >= 4 is 0 Å². The quantitative estimate of drug-likeness (QED) is 0.138. The molecule has 2 radical (unpaired) electrons. The van der Waals surface area contributed by atoms with Gasteiger partial charge < -0.3 is 0 Å². The zero-order chi connectivity index (χ0) is 19.7. The van der Waals surface area contributed by atoms with Gasteiger partial charge in [-0.1, -0.05) is 136 Å². The third kappa shape index (κ3) is 25.6. The monoisotopic (exact) mass is 374 g/mol. The van der Waals surface area contributed by atoms with Crippen LogP contribution in [0.1, 0.15) is 148 Å². The largest absolute Gasteiger partial charge is 0.103 e. The van der Waals surface area contributed by atoms with E-state index in [-0.39, 0.29) is 0 Å². The summed E-state index contributed by atoms with van der Waals surface area (Å²) in [5.41, 5.74) is 0. The molecule has 0 aliphatic carbocycles. The molecule has 0 fully saturated rings. The Morgan fingerprint density at radius 2 is 0.593 bits per heavy atom. The van der Waals surface area contributed by atoms with Crippen LogP contribution in [0.5, 0.6) is 0 Å². The van der Waals surface area contributed by atoms with Crippen LogP contribution < -0.4 is 0 Å². The Balaban J connectivity index is 3.00. The van der Waals surface area contributed by atoms with E-state index in [0.29, 0.717) is 0 Å². The normalized spacial score (nSPS) is 10.7. The Kier molecular flexibility index (Phi) is 25.1. The van der Waals surface area contributed by atoms with Gasteiger partial charge in [-0.05, 0) is 12.8 Å². The summed E-state index contributed by atoms with van der Waals surface area (Å²) >= 11 is 0. The van der Waals surface area contributed by atoms with Crippen LogP contribution >= 0.6 is 0 Å². The van der Waals surface area contributed by atoms with Crippen molar-refractivity contribution in [3.63, 3.8) is 0 Å². The summed E-state index contributed by atoms with van der Waals surface area (Å²) < 4.78 is 0. The summed E-state index contributed by atoms with van der Waals surface area (Å²) in [5, 5.41) is 0. The van der Waals surface area contributed by atoms with E-state index in [1.54, 1.807) is 0 Å². The van der Waals surface area contributed by atoms with E-state index in [1.807, 2.05) is 0 Å². The van der Waals surface area contributed by atoms with Crippen LogP contribution in [0, 0.1) is 25.7 Å². The number of unbranched alkanes of at least 4 members (excludes halogenated alkanes) is 21. The lowest BCUT2D eigenvalue weighted by Crippen LogP contribution is -1.84. The fraction of sp³-hybridized carbons (Fsp3) is 0.852. The highest BCUT2D eigenvalue weighted by atomic mass is 14.0. The maximum Gasteiger partial charge on any atom is 0.00886 e. The van der Waals surface area contributed by atoms with Gasteiger partial charge in [-0.15, -0.1) is 11.8 Å². The molecule has 0 amide bonds. The van der Waals surface area contributed by atoms with Crippen LogP contribution in [-0.2, 0) is 0 Å². The standard InChI is InChI=1S/C27H50/c1-3-5-7-9-11-13-15-17-19-21-23-25-27-26-24-22-20-18-16-14-12-10-8-6-4-2/h1-7,9,11-27H2. The number of rotatable bonds is 21. The molecule has 0 aromatic carbocycles. The van der Waals surface area contributed by atoms with Crippen LogP contribution in [0.15, 0.2) is 0 Å². The van der Waals surface area contributed by atoms with Gasteiger partial charge in [-0.2, -0.15) is 0 Å². The van der Waals surface area contributed by atoms with Gasteiger partial charge in [0.1, 0.15) is 0 Å². The molecule has 0 N–H and O–H groups in total. The maximum absolute atomic E-state index is 3.91. The van der Waals surface area contributed by atoms with Gasteiger partial charge in [-0.25, -0.2) is 0 Å². The molecule has 158 valence electrons. The number of hydrogen-bond acceptors (Lipinski definition) is 0. The minimum absolute atomic E-state index is 0.949. The topological polar surface area (TPSA) is 0 Å². The van der Waals surface area contributed by atoms with E-state index < -0.39 is 0 Å². The van der Waals surface area contributed by atoms with Crippen LogP contribution in [0.25, 0.3) is 0 Å². The van der Waals surface area contributed by atoms with Crippen molar-refractivity contribution in [1.82, 2.24) is 0 Å². The van der Waals surface area contributed by atoms with Gasteiger partial charge in [0.05, 0.1) is 0 Å². The molecule has 0 heteroatoms. The zero-order valence-electron chi connectivity index (χ0n) is 18.7. The molecular formula is C27H50. The highest BCUT2D eigenvalue weighted by molar-refractivity contribution is 4.98. The zero-order valence-corrected chi connectivity index (χ0v) is 18.7. The Labute approximate surface area is 173 Å². The molecule has 0 aliphatic rings. The molecule has 0 aromatic heterocycles. The molecule has 0 aromatic rings. The molecule has 0 saturated carbocycles. The van der Waals surface area contributed by atoms with Gasteiger partial charge in [0.2, 0.25) is 0 Å². The maximum atomic E-state index is 3.91. The van der Waals surface area contributed by atoms with Crippen molar-refractivity contribution in [3.8, 4) is 11.8 Å². The number of hydrogen-bond donors (Lipinski definition) is 0. The van der Waals surface area contributed by atoms with Crippen molar-refractivity contribution < 1.29 is 0 Å². The summed E-state index contributed by atoms with van der Waals surface area (Å²) in [6, 6.07) is 0. The second kappa shape index (κ2) is 25.6. The molecule has 0 saturated heterocycles. The average Bonchev–Trinajstić information content (AvgIpc) is 2.68. The van der Waals surface area contributed by atoms with Crippen molar-refractivity contribution in [2.75, 3.05) is 0 Å². The fourth-order valence-corrected chi connectivity index (χ4v) is 3.66. The fourth-order valence-electron chi connectivity index (χ4n) is 3.66. The van der Waals surface area contributed by atoms with Gasteiger partial charge >= 0.3 is 0 Å². The predicted octanol–water partition coefficient (Wildman–Crippen LogP) is 9.63. The smallest absolute Gasteiger partial charge is 0.00886 e. The van der Waals surface area contributed by atoms with Gasteiger partial charge in [-0.3, -0.25) is 0 Å². The summed E-state index contributed by atoms with van der Waals surface area (Å²) in [4.78, 5) is 0. The van der Waals surface area contributed by atoms with E-state index >= 15 is 0 Å². The van der Waals surface area contributed by atoms with Gasteiger partial charge in [0.15, 0.2) is 0 Å².